The van der Waals surface area contributed by atoms with Gasteiger partial charge in [-0.1, -0.05) is 91.0 Å². The molecular formula is C26H26N2O2. The zero-order valence-corrected chi connectivity index (χ0v) is 17.1. The Balaban J connectivity index is 1.57. The van der Waals surface area contributed by atoms with Crippen molar-refractivity contribution in [2.75, 3.05) is 19.6 Å². The minimum Gasteiger partial charge on any atom is -0.431 e. The van der Waals surface area contributed by atoms with Crippen LogP contribution < -0.4 is 0 Å². The molecule has 2 heterocycles. The summed E-state index contributed by atoms with van der Waals surface area (Å²) in [5.74, 6) is 0. The van der Waals surface area contributed by atoms with Gasteiger partial charge in [-0.25, -0.2) is 4.79 Å². The molecule has 1 amide bonds. The average molecular weight is 399 g/mol. The molecule has 0 unspecified atom stereocenters. The second-order valence-electron chi connectivity index (χ2n) is 8.13. The first-order chi connectivity index (χ1) is 14.7. The summed E-state index contributed by atoms with van der Waals surface area (Å²) in [6, 6.07) is 31.1. The lowest BCUT2D eigenvalue weighted by Gasteiger charge is -2.44. The highest BCUT2D eigenvalue weighted by Gasteiger charge is 2.58. The molecule has 2 atom stereocenters. The number of carbonyl (C=O) groups is 1. The number of ether oxygens (including phenoxy) is 1. The summed E-state index contributed by atoms with van der Waals surface area (Å²) in [4.78, 5) is 17.4. The Morgan fingerprint density at radius 3 is 1.93 bits per heavy atom. The van der Waals surface area contributed by atoms with E-state index in [0.29, 0.717) is 6.54 Å². The van der Waals surface area contributed by atoms with E-state index >= 15 is 0 Å². The number of hydrogen-bond acceptors (Lipinski definition) is 3. The van der Waals surface area contributed by atoms with E-state index in [0.717, 1.165) is 24.2 Å². The predicted octanol–water partition coefficient (Wildman–Crippen LogP) is 4.83. The first-order valence-corrected chi connectivity index (χ1v) is 10.6. The van der Waals surface area contributed by atoms with Crippen LogP contribution in [0, 0.1) is 0 Å². The molecule has 3 aromatic carbocycles. The van der Waals surface area contributed by atoms with Gasteiger partial charge in [0.25, 0.3) is 0 Å². The van der Waals surface area contributed by atoms with Crippen LogP contribution in [-0.2, 0) is 10.3 Å². The molecule has 0 saturated carbocycles. The molecule has 0 radical (unpaired) electrons. The number of rotatable bonds is 4. The van der Waals surface area contributed by atoms with E-state index in [1.54, 1.807) is 0 Å². The average Bonchev–Trinajstić information content (AvgIpc) is 3.13. The number of nitrogens with zero attached hydrogens (tertiary/aromatic N) is 2. The largest absolute Gasteiger partial charge is 0.431 e. The van der Waals surface area contributed by atoms with E-state index in [1.807, 2.05) is 47.4 Å². The number of fused-ring (bicyclic) bond motifs is 1. The van der Waals surface area contributed by atoms with Gasteiger partial charge in [0.2, 0.25) is 0 Å². The SMILES string of the molecule is C[C@@H](c1ccccc1)N1CCN2C(=O)OC(c3ccccc3)(c3ccccc3)[C@@H]2C1. The van der Waals surface area contributed by atoms with E-state index in [1.165, 1.54) is 5.56 Å². The van der Waals surface area contributed by atoms with Gasteiger partial charge in [0.15, 0.2) is 5.60 Å². The van der Waals surface area contributed by atoms with Crippen molar-refractivity contribution in [2.45, 2.75) is 24.6 Å². The summed E-state index contributed by atoms with van der Waals surface area (Å²) in [6.45, 7) is 4.50. The Morgan fingerprint density at radius 2 is 1.37 bits per heavy atom. The molecule has 0 aliphatic carbocycles. The normalized spacial score (nSPS) is 21.7. The molecular weight excluding hydrogens is 372 g/mol. The topological polar surface area (TPSA) is 32.8 Å². The number of cyclic esters (lactones) is 1. The van der Waals surface area contributed by atoms with E-state index < -0.39 is 5.60 Å². The van der Waals surface area contributed by atoms with Gasteiger partial charge < -0.3 is 4.74 Å². The standard InChI is InChI=1S/C26H26N2O2/c1-20(21-11-5-2-6-12-21)27-17-18-28-24(19-27)26(30-25(28)29,22-13-7-3-8-14-22)23-15-9-4-10-16-23/h2-16,20,24H,17-19H2,1H3/t20-,24-/m0/s1. The van der Waals surface area contributed by atoms with Gasteiger partial charge >= 0.3 is 6.09 Å². The first-order valence-electron chi connectivity index (χ1n) is 10.6. The van der Waals surface area contributed by atoms with Crippen LogP contribution in [0.4, 0.5) is 4.79 Å². The number of piperazine rings is 1. The first kappa shape index (κ1) is 18.9. The van der Waals surface area contributed by atoms with Crippen LogP contribution in [0.5, 0.6) is 0 Å². The van der Waals surface area contributed by atoms with Gasteiger partial charge in [0, 0.05) is 36.8 Å². The maximum atomic E-state index is 13.0. The van der Waals surface area contributed by atoms with Crippen LogP contribution in [0.15, 0.2) is 91.0 Å². The third kappa shape index (κ3) is 2.99. The van der Waals surface area contributed by atoms with E-state index in [9.17, 15) is 4.79 Å². The van der Waals surface area contributed by atoms with Crippen LogP contribution in [0.2, 0.25) is 0 Å². The van der Waals surface area contributed by atoms with E-state index in [-0.39, 0.29) is 18.2 Å². The van der Waals surface area contributed by atoms with Gasteiger partial charge in [-0.3, -0.25) is 9.80 Å². The third-order valence-corrected chi connectivity index (χ3v) is 6.60. The second kappa shape index (κ2) is 7.62. The molecule has 2 aliphatic rings. The number of amides is 1. The monoisotopic (exact) mass is 398 g/mol. The zero-order chi connectivity index (χ0) is 20.6. The molecule has 2 aliphatic heterocycles. The highest BCUT2D eigenvalue weighted by molar-refractivity contribution is 5.74. The van der Waals surface area contributed by atoms with Crippen molar-refractivity contribution in [3.8, 4) is 0 Å². The Labute approximate surface area is 177 Å². The third-order valence-electron chi connectivity index (χ3n) is 6.60. The van der Waals surface area contributed by atoms with Crippen molar-refractivity contribution in [1.29, 1.82) is 0 Å². The van der Waals surface area contributed by atoms with Gasteiger partial charge in [0.1, 0.15) is 0 Å². The van der Waals surface area contributed by atoms with Crippen LogP contribution in [0.25, 0.3) is 0 Å². The van der Waals surface area contributed by atoms with Crippen molar-refractivity contribution in [3.63, 3.8) is 0 Å². The molecule has 2 saturated heterocycles. The zero-order valence-electron chi connectivity index (χ0n) is 17.1. The number of hydrogen-bond donors (Lipinski definition) is 0. The fraction of sp³-hybridized carbons (Fsp3) is 0.269. The Kier molecular flexibility index (Phi) is 4.80. The molecule has 0 spiro atoms. The highest BCUT2D eigenvalue weighted by atomic mass is 16.6. The van der Waals surface area contributed by atoms with Gasteiger partial charge in [-0.15, -0.1) is 0 Å². The molecule has 0 bridgehead atoms. The maximum Gasteiger partial charge on any atom is 0.411 e. The number of carbonyl (C=O) groups excluding carboxylic acids is 1. The van der Waals surface area contributed by atoms with Crippen molar-refractivity contribution in [2.24, 2.45) is 0 Å². The summed E-state index contributed by atoms with van der Waals surface area (Å²) in [5, 5.41) is 0. The minimum atomic E-state index is -0.811. The fourth-order valence-electron chi connectivity index (χ4n) is 4.97. The van der Waals surface area contributed by atoms with Gasteiger partial charge in [0.05, 0.1) is 6.04 Å². The maximum absolute atomic E-state index is 13.0. The summed E-state index contributed by atoms with van der Waals surface area (Å²) >= 11 is 0. The molecule has 0 N–H and O–H groups in total. The van der Waals surface area contributed by atoms with Crippen LogP contribution in [0.1, 0.15) is 29.7 Å². The number of benzene rings is 3. The van der Waals surface area contributed by atoms with Crippen molar-refractivity contribution >= 4 is 6.09 Å². The molecule has 0 aromatic heterocycles. The quantitative estimate of drug-likeness (QED) is 0.631. The predicted molar refractivity (Wildman–Crippen MR) is 117 cm³/mol. The van der Waals surface area contributed by atoms with Crippen LogP contribution in [0.3, 0.4) is 0 Å². The molecule has 5 rings (SSSR count). The summed E-state index contributed by atoms with van der Waals surface area (Å²) in [7, 11) is 0. The van der Waals surface area contributed by atoms with Crippen molar-refractivity contribution in [3.05, 3.63) is 108 Å². The smallest absolute Gasteiger partial charge is 0.411 e. The fourth-order valence-corrected chi connectivity index (χ4v) is 4.97. The minimum absolute atomic E-state index is 0.0882. The van der Waals surface area contributed by atoms with Crippen LogP contribution in [-0.4, -0.2) is 41.6 Å². The Hall–Kier alpha value is -3.11. The lowest BCUT2D eigenvalue weighted by Crippen LogP contribution is -2.57. The van der Waals surface area contributed by atoms with E-state index in [2.05, 4.69) is 60.4 Å². The second-order valence-corrected chi connectivity index (χ2v) is 8.13. The van der Waals surface area contributed by atoms with Gasteiger partial charge in [-0.05, 0) is 12.5 Å². The molecule has 4 nitrogen and oxygen atoms in total. The van der Waals surface area contributed by atoms with Gasteiger partial charge in [-0.2, -0.15) is 0 Å². The molecule has 2 fully saturated rings. The molecule has 152 valence electrons. The molecule has 3 aromatic rings. The Morgan fingerprint density at radius 1 is 0.833 bits per heavy atom. The van der Waals surface area contributed by atoms with Crippen molar-refractivity contribution < 1.29 is 9.53 Å². The highest BCUT2D eigenvalue weighted by Crippen LogP contribution is 2.46. The summed E-state index contributed by atoms with van der Waals surface area (Å²) in [6.07, 6.45) is -0.222. The molecule has 30 heavy (non-hydrogen) atoms. The van der Waals surface area contributed by atoms with Crippen LogP contribution >= 0.6 is 0 Å². The summed E-state index contributed by atoms with van der Waals surface area (Å²) in [5.41, 5.74) is 2.52. The lowest BCUT2D eigenvalue weighted by atomic mass is 9.79. The van der Waals surface area contributed by atoms with Crippen molar-refractivity contribution in [1.82, 2.24) is 9.80 Å². The molecule has 4 heteroatoms. The Bertz CT molecular complexity index is 967. The summed E-state index contributed by atoms with van der Waals surface area (Å²) < 4.78 is 6.26. The lowest BCUT2D eigenvalue weighted by molar-refractivity contribution is 0.0325. The van der Waals surface area contributed by atoms with E-state index in [4.69, 9.17) is 4.74 Å².